The Hall–Kier alpha value is -4.17. The van der Waals surface area contributed by atoms with Crippen molar-refractivity contribution >= 4 is 34.6 Å². The fourth-order valence-electron chi connectivity index (χ4n) is 5.01. The standard InChI is InChI=1S/C25H27ClF3N9O7/c26-23-32-18(30)15-19(33-23)38(11-31-15)20-17(40)16(39)14(44-20)10-43-24(22(41)42,21-34-36-37-35-21)9-3-1-2-4-12-5-7-13(8-6-12)45-25(27,28)29/h5-8,11,14,16-17,20,39-40H,1-4,9-10H2,(H,41,42)(H2,30,32,33)(H,34,35,36,37)/t14-,16-,17-,20-,24?/m1/s1. The predicted molar refractivity (Wildman–Crippen MR) is 145 cm³/mol. The number of nitrogens with two attached hydrogens (primary N) is 1. The van der Waals surface area contributed by atoms with Gasteiger partial charge in [0.05, 0.1) is 12.9 Å². The third kappa shape index (κ3) is 7.06. The summed E-state index contributed by atoms with van der Waals surface area (Å²) in [5.41, 5.74) is 4.88. The fraction of sp³-hybridized carbons (Fsp3) is 0.480. The van der Waals surface area contributed by atoms with Gasteiger partial charge in [-0.2, -0.15) is 9.97 Å². The Bertz CT molecular complexity index is 1610. The number of aromatic amines is 1. The van der Waals surface area contributed by atoms with Gasteiger partial charge in [-0.15, -0.1) is 18.3 Å². The van der Waals surface area contributed by atoms with Crippen molar-refractivity contribution < 1.29 is 47.5 Å². The van der Waals surface area contributed by atoms with E-state index in [-0.39, 0.29) is 40.3 Å². The number of carboxylic acids is 1. The van der Waals surface area contributed by atoms with Crippen LogP contribution in [-0.2, 0) is 26.3 Å². The number of benzene rings is 1. The van der Waals surface area contributed by atoms with Crippen LogP contribution in [0, 0.1) is 0 Å². The van der Waals surface area contributed by atoms with Crippen LogP contribution in [0.25, 0.3) is 11.2 Å². The van der Waals surface area contributed by atoms with Gasteiger partial charge in [-0.25, -0.2) is 14.9 Å². The minimum absolute atomic E-state index is 0.00276. The Balaban J connectivity index is 1.23. The number of aryl methyl sites for hydroxylation is 1. The average Bonchev–Trinajstić information content (AvgIpc) is 3.72. The summed E-state index contributed by atoms with van der Waals surface area (Å²) in [6.07, 6.45) is -7.05. The highest BCUT2D eigenvalue weighted by molar-refractivity contribution is 6.28. The number of hydrogen-bond acceptors (Lipinski definition) is 13. The maximum absolute atomic E-state index is 12.6. The van der Waals surface area contributed by atoms with Crippen LogP contribution in [0.4, 0.5) is 19.0 Å². The van der Waals surface area contributed by atoms with Crippen molar-refractivity contribution in [3.8, 4) is 5.75 Å². The number of aliphatic hydroxyl groups excluding tert-OH is 2. The number of nitrogens with zero attached hydrogens (tertiary/aromatic N) is 7. The van der Waals surface area contributed by atoms with Crippen LogP contribution < -0.4 is 10.5 Å². The number of carbonyl (C=O) groups is 1. The zero-order chi connectivity index (χ0) is 32.4. The zero-order valence-corrected chi connectivity index (χ0v) is 23.9. The number of nitrogens with one attached hydrogen (secondary N) is 1. The highest BCUT2D eigenvalue weighted by Crippen LogP contribution is 2.36. The molecule has 0 bridgehead atoms. The molecule has 1 aliphatic rings. The lowest BCUT2D eigenvalue weighted by Gasteiger charge is -2.29. The highest BCUT2D eigenvalue weighted by atomic mass is 35.5. The molecule has 6 N–H and O–H groups in total. The van der Waals surface area contributed by atoms with Crippen LogP contribution in [0.2, 0.25) is 5.28 Å². The van der Waals surface area contributed by atoms with Gasteiger partial charge in [-0.05, 0) is 65.4 Å². The maximum atomic E-state index is 12.6. The molecule has 0 aliphatic carbocycles. The number of aliphatic hydroxyl groups is 2. The number of unbranched alkanes of at least 4 members (excludes halogenated alkanes) is 2. The second-order valence-corrected chi connectivity index (χ2v) is 10.5. The van der Waals surface area contributed by atoms with Crippen molar-refractivity contribution in [2.45, 2.75) is 68.6 Å². The summed E-state index contributed by atoms with van der Waals surface area (Å²) < 4.78 is 54.1. The van der Waals surface area contributed by atoms with E-state index in [0.29, 0.717) is 25.7 Å². The van der Waals surface area contributed by atoms with E-state index < -0.39 is 49.1 Å². The topological polar surface area (TPSA) is 230 Å². The number of aromatic nitrogens is 8. The summed E-state index contributed by atoms with van der Waals surface area (Å²) >= 11 is 5.92. The van der Waals surface area contributed by atoms with E-state index in [2.05, 4.69) is 40.3 Å². The summed E-state index contributed by atoms with van der Waals surface area (Å²) in [5, 5.41) is 44.8. The molecule has 4 aromatic rings. The molecule has 1 saturated heterocycles. The second kappa shape index (κ2) is 13.1. The molecular formula is C25H27ClF3N9O7. The number of imidazole rings is 1. The van der Waals surface area contributed by atoms with Crippen molar-refractivity contribution in [3.63, 3.8) is 0 Å². The molecule has 16 nitrogen and oxygen atoms in total. The number of H-pyrrole nitrogens is 1. The highest BCUT2D eigenvalue weighted by Gasteiger charge is 2.49. The molecule has 20 heteroatoms. The predicted octanol–water partition coefficient (Wildman–Crippen LogP) is 1.89. The van der Waals surface area contributed by atoms with E-state index in [1.807, 2.05) is 0 Å². The quantitative estimate of drug-likeness (QED) is 0.102. The van der Waals surface area contributed by atoms with Gasteiger partial charge in [0.15, 0.2) is 23.5 Å². The molecule has 4 heterocycles. The largest absolute Gasteiger partial charge is 0.573 e. The molecule has 3 aromatic heterocycles. The van der Waals surface area contributed by atoms with Gasteiger partial charge in [0.2, 0.25) is 10.9 Å². The van der Waals surface area contributed by atoms with E-state index >= 15 is 0 Å². The first-order valence-corrected chi connectivity index (χ1v) is 13.9. The zero-order valence-electron chi connectivity index (χ0n) is 23.1. The molecule has 1 unspecified atom stereocenters. The number of nitrogen functional groups attached to an aromatic ring is 1. The van der Waals surface area contributed by atoms with Crippen molar-refractivity contribution in [1.82, 2.24) is 40.1 Å². The Kier molecular flexibility index (Phi) is 9.35. The SMILES string of the molecule is Nc1nc(Cl)nc2c1ncn2[C@@H]1O[C@H](COC(CCCCCc2ccc(OC(F)(F)F)cc2)(C(=O)O)c2nnn[nH]2)[C@@H](O)[C@H]1O. The Morgan fingerprint density at radius 2 is 1.89 bits per heavy atom. The lowest BCUT2D eigenvalue weighted by atomic mass is 9.94. The van der Waals surface area contributed by atoms with E-state index in [9.17, 15) is 33.3 Å². The number of anilines is 1. The first kappa shape index (κ1) is 32.2. The molecule has 45 heavy (non-hydrogen) atoms. The van der Waals surface area contributed by atoms with Crippen molar-refractivity contribution in [2.75, 3.05) is 12.3 Å². The Labute approximate surface area is 256 Å². The van der Waals surface area contributed by atoms with E-state index in [1.165, 1.54) is 35.2 Å². The van der Waals surface area contributed by atoms with Crippen LogP contribution in [0.3, 0.4) is 0 Å². The Morgan fingerprint density at radius 3 is 2.56 bits per heavy atom. The summed E-state index contributed by atoms with van der Waals surface area (Å²) in [6, 6.07) is 5.47. The third-order valence-electron chi connectivity index (χ3n) is 7.25. The van der Waals surface area contributed by atoms with Crippen LogP contribution in [0.5, 0.6) is 5.75 Å². The van der Waals surface area contributed by atoms with Gasteiger partial charge in [0.1, 0.15) is 29.6 Å². The van der Waals surface area contributed by atoms with E-state index in [1.54, 1.807) is 0 Å². The molecule has 1 aliphatic heterocycles. The van der Waals surface area contributed by atoms with E-state index in [0.717, 1.165) is 5.56 Å². The average molecular weight is 658 g/mol. The molecule has 1 fully saturated rings. The summed E-state index contributed by atoms with van der Waals surface area (Å²) in [5.74, 6) is -1.93. The van der Waals surface area contributed by atoms with Gasteiger partial charge in [-0.1, -0.05) is 18.6 Å². The maximum Gasteiger partial charge on any atom is 0.573 e. The normalized spacial score (nSPS) is 21.6. The molecule has 0 radical (unpaired) electrons. The molecule has 5 atom stereocenters. The van der Waals surface area contributed by atoms with Gasteiger partial charge >= 0.3 is 12.3 Å². The number of ether oxygens (including phenoxy) is 3. The van der Waals surface area contributed by atoms with Crippen molar-refractivity contribution in [1.29, 1.82) is 0 Å². The first-order valence-electron chi connectivity index (χ1n) is 13.5. The van der Waals surface area contributed by atoms with Crippen LogP contribution in [-0.4, -0.2) is 92.7 Å². The summed E-state index contributed by atoms with van der Waals surface area (Å²) in [4.78, 5) is 24.6. The number of fused-ring (bicyclic) bond motifs is 1. The van der Waals surface area contributed by atoms with Crippen LogP contribution in [0.15, 0.2) is 30.6 Å². The monoisotopic (exact) mass is 657 g/mol. The second-order valence-electron chi connectivity index (χ2n) is 10.2. The van der Waals surface area contributed by atoms with Gasteiger partial charge < -0.3 is 35.3 Å². The number of tetrazole rings is 1. The van der Waals surface area contributed by atoms with Crippen molar-refractivity contribution in [2.24, 2.45) is 0 Å². The summed E-state index contributed by atoms with van der Waals surface area (Å²) in [7, 11) is 0. The molecule has 0 saturated carbocycles. The van der Waals surface area contributed by atoms with Crippen molar-refractivity contribution in [3.05, 3.63) is 47.3 Å². The number of halogens is 4. The molecule has 0 amide bonds. The molecule has 5 rings (SSSR count). The molecular weight excluding hydrogens is 631 g/mol. The number of carboxylic acid groups (broad SMARTS) is 1. The van der Waals surface area contributed by atoms with Gasteiger partial charge in [0.25, 0.3) is 0 Å². The van der Waals surface area contributed by atoms with Gasteiger partial charge in [0, 0.05) is 0 Å². The lowest BCUT2D eigenvalue weighted by Crippen LogP contribution is -2.44. The molecule has 1 aromatic carbocycles. The number of alkyl halides is 3. The van der Waals surface area contributed by atoms with Crippen LogP contribution >= 0.6 is 11.6 Å². The number of hydrogen-bond donors (Lipinski definition) is 5. The molecule has 242 valence electrons. The smallest absolute Gasteiger partial charge is 0.479 e. The third-order valence-corrected chi connectivity index (χ3v) is 7.42. The fourth-order valence-corrected chi connectivity index (χ4v) is 5.19. The van der Waals surface area contributed by atoms with Crippen LogP contribution in [0.1, 0.15) is 43.3 Å². The lowest BCUT2D eigenvalue weighted by molar-refractivity contribution is -0.274. The minimum atomic E-state index is -4.78. The number of aliphatic carboxylic acids is 1. The summed E-state index contributed by atoms with van der Waals surface area (Å²) in [6.45, 7) is -0.488. The molecule has 0 spiro atoms. The van der Waals surface area contributed by atoms with E-state index in [4.69, 9.17) is 26.8 Å². The Morgan fingerprint density at radius 1 is 1.13 bits per heavy atom. The number of rotatable bonds is 13. The first-order chi connectivity index (χ1) is 21.4. The minimum Gasteiger partial charge on any atom is -0.479 e. The van der Waals surface area contributed by atoms with Gasteiger partial charge in [-0.3, -0.25) is 4.57 Å².